The van der Waals surface area contributed by atoms with Crippen molar-refractivity contribution < 1.29 is 4.42 Å². The third kappa shape index (κ3) is 3.36. The SMILES string of the molecule is c1ccc(-c2nc(-n3c4ccccc4c4c3ccc3c5ccccc5n(-c5cccnc5)c34)nc3oc4ccccc4c23)cc1. The van der Waals surface area contributed by atoms with Crippen LogP contribution in [0.2, 0.25) is 0 Å². The van der Waals surface area contributed by atoms with E-state index < -0.39 is 0 Å². The number of para-hydroxylation sites is 3. The Hall–Kier alpha value is -6.27. The molecule has 6 heteroatoms. The van der Waals surface area contributed by atoms with E-state index in [1.807, 2.05) is 54.9 Å². The molecule has 10 aromatic rings. The van der Waals surface area contributed by atoms with Gasteiger partial charge in [0.15, 0.2) is 0 Å². The van der Waals surface area contributed by atoms with Crippen LogP contribution in [-0.2, 0) is 0 Å². The molecule has 6 nitrogen and oxygen atoms in total. The zero-order chi connectivity index (χ0) is 29.5. The van der Waals surface area contributed by atoms with Crippen LogP contribution in [0.4, 0.5) is 0 Å². The Bertz CT molecular complexity index is 2760. The predicted molar refractivity (Wildman–Crippen MR) is 181 cm³/mol. The smallest absolute Gasteiger partial charge is 0.238 e. The maximum absolute atomic E-state index is 6.39. The highest BCUT2D eigenvalue weighted by Gasteiger charge is 2.24. The third-order valence-electron chi connectivity index (χ3n) is 8.85. The van der Waals surface area contributed by atoms with E-state index in [1.165, 1.54) is 10.8 Å². The van der Waals surface area contributed by atoms with E-state index in [1.54, 1.807) is 0 Å². The van der Waals surface area contributed by atoms with Gasteiger partial charge < -0.3 is 8.98 Å². The summed E-state index contributed by atoms with van der Waals surface area (Å²) in [7, 11) is 0. The molecule has 0 aliphatic heterocycles. The number of furan rings is 1. The minimum atomic E-state index is 0.565. The monoisotopic (exact) mass is 577 g/mol. The summed E-state index contributed by atoms with van der Waals surface area (Å²) in [6.45, 7) is 0. The van der Waals surface area contributed by atoms with Crippen molar-refractivity contribution in [3.05, 3.63) is 140 Å². The van der Waals surface area contributed by atoms with Crippen LogP contribution in [0.1, 0.15) is 0 Å². The fourth-order valence-corrected chi connectivity index (χ4v) is 7.00. The lowest BCUT2D eigenvalue weighted by molar-refractivity contribution is 0.651. The van der Waals surface area contributed by atoms with Crippen molar-refractivity contribution in [1.82, 2.24) is 24.1 Å². The number of hydrogen-bond acceptors (Lipinski definition) is 4. The fourth-order valence-electron chi connectivity index (χ4n) is 7.00. The Morgan fingerprint density at radius 3 is 2.07 bits per heavy atom. The largest absolute Gasteiger partial charge is 0.437 e. The zero-order valence-electron chi connectivity index (χ0n) is 23.9. The summed E-state index contributed by atoms with van der Waals surface area (Å²) in [5.41, 5.74) is 8.54. The second-order valence-electron chi connectivity index (χ2n) is 11.3. The second kappa shape index (κ2) is 9.11. The molecule has 0 saturated heterocycles. The quantitative estimate of drug-likeness (QED) is 0.210. The third-order valence-corrected chi connectivity index (χ3v) is 8.85. The van der Waals surface area contributed by atoms with E-state index in [2.05, 4.69) is 99.0 Å². The molecule has 0 atom stereocenters. The number of aromatic nitrogens is 5. The van der Waals surface area contributed by atoms with Crippen molar-refractivity contribution in [3.63, 3.8) is 0 Å². The zero-order valence-corrected chi connectivity index (χ0v) is 23.9. The first-order valence-electron chi connectivity index (χ1n) is 15.0. The number of hydrogen-bond donors (Lipinski definition) is 0. The van der Waals surface area contributed by atoms with Gasteiger partial charge in [-0.25, -0.2) is 4.98 Å². The standard InChI is InChI=1S/C39H23N5O/c1-2-11-24(12-3-1)36-35-29-16-6-9-19-33(29)45-38(35)42-39(41-36)44-31-18-8-5-15-28(31)34-32(44)21-20-27-26-14-4-7-17-30(26)43(37(27)34)25-13-10-22-40-23-25/h1-23H. The maximum Gasteiger partial charge on any atom is 0.238 e. The molecule has 0 fully saturated rings. The number of pyridine rings is 1. The highest BCUT2D eigenvalue weighted by atomic mass is 16.3. The first kappa shape index (κ1) is 24.2. The average Bonchev–Trinajstić information content (AvgIpc) is 3.76. The summed E-state index contributed by atoms with van der Waals surface area (Å²) in [6.07, 6.45) is 3.74. The van der Waals surface area contributed by atoms with E-state index in [0.717, 1.165) is 66.1 Å². The summed E-state index contributed by atoms with van der Waals surface area (Å²) < 4.78 is 10.9. The molecular weight excluding hydrogens is 554 g/mol. The number of rotatable bonds is 3. The predicted octanol–water partition coefficient (Wildman–Crippen LogP) is 9.63. The fraction of sp³-hybridized carbons (Fsp3) is 0. The van der Waals surface area contributed by atoms with Crippen LogP contribution >= 0.6 is 0 Å². The first-order valence-corrected chi connectivity index (χ1v) is 15.0. The Morgan fingerprint density at radius 1 is 0.511 bits per heavy atom. The molecular formula is C39H23N5O. The van der Waals surface area contributed by atoms with Crippen molar-refractivity contribution in [3.8, 4) is 22.9 Å². The maximum atomic E-state index is 6.39. The van der Waals surface area contributed by atoms with Crippen molar-refractivity contribution in [1.29, 1.82) is 0 Å². The molecule has 0 bridgehead atoms. The lowest BCUT2D eigenvalue weighted by Gasteiger charge is -2.10. The number of nitrogens with zero attached hydrogens (tertiary/aromatic N) is 5. The molecule has 0 aliphatic rings. The summed E-state index contributed by atoms with van der Waals surface area (Å²) in [5, 5.41) is 6.56. The van der Waals surface area contributed by atoms with Gasteiger partial charge in [0.05, 0.1) is 45.0 Å². The highest BCUT2D eigenvalue weighted by molar-refractivity contribution is 6.26. The minimum Gasteiger partial charge on any atom is -0.437 e. The average molecular weight is 578 g/mol. The van der Waals surface area contributed by atoms with Gasteiger partial charge in [-0.2, -0.15) is 4.98 Å². The van der Waals surface area contributed by atoms with Crippen LogP contribution in [-0.4, -0.2) is 24.1 Å². The molecule has 0 saturated carbocycles. The van der Waals surface area contributed by atoms with Crippen molar-refractivity contribution in [2.75, 3.05) is 0 Å². The van der Waals surface area contributed by atoms with Crippen LogP contribution in [0.25, 0.3) is 88.6 Å². The van der Waals surface area contributed by atoms with Crippen molar-refractivity contribution in [2.24, 2.45) is 0 Å². The molecule has 45 heavy (non-hydrogen) atoms. The molecule has 0 radical (unpaired) electrons. The number of benzene rings is 5. The molecule has 0 N–H and O–H groups in total. The van der Waals surface area contributed by atoms with E-state index in [9.17, 15) is 0 Å². The van der Waals surface area contributed by atoms with E-state index >= 15 is 0 Å². The van der Waals surface area contributed by atoms with E-state index in [4.69, 9.17) is 14.4 Å². The molecule has 5 aromatic carbocycles. The normalized spacial score (nSPS) is 12.0. The van der Waals surface area contributed by atoms with Crippen molar-refractivity contribution >= 4 is 65.7 Å². The van der Waals surface area contributed by atoms with Gasteiger partial charge in [-0.05, 0) is 36.4 Å². The Balaban J connectivity index is 1.38. The minimum absolute atomic E-state index is 0.565. The van der Waals surface area contributed by atoms with Gasteiger partial charge in [-0.1, -0.05) is 91.0 Å². The Morgan fingerprint density at radius 2 is 1.24 bits per heavy atom. The molecule has 0 unspecified atom stereocenters. The van der Waals surface area contributed by atoms with Crippen molar-refractivity contribution in [2.45, 2.75) is 0 Å². The van der Waals surface area contributed by atoms with Gasteiger partial charge in [-0.3, -0.25) is 9.55 Å². The molecule has 5 heterocycles. The molecule has 210 valence electrons. The van der Waals surface area contributed by atoms with Gasteiger partial charge in [0, 0.05) is 38.7 Å². The van der Waals surface area contributed by atoms with Gasteiger partial charge in [0.25, 0.3) is 0 Å². The first-order chi connectivity index (χ1) is 22.3. The van der Waals surface area contributed by atoms with E-state index in [0.29, 0.717) is 11.7 Å². The summed E-state index contributed by atoms with van der Waals surface area (Å²) in [5.74, 6) is 0.565. The van der Waals surface area contributed by atoms with Crippen LogP contribution in [0.3, 0.4) is 0 Å². The summed E-state index contributed by atoms with van der Waals surface area (Å²) >= 11 is 0. The topological polar surface area (TPSA) is 61.7 Å². The van der Waals surface area contributed by atoms with Gasteiger partial charge in [-0.15, -0.1) is 0 Å². The highest BCUT2D eigenvalue weighted by Crippen LogP contribution is 2.42. The molecule has 0 amide bonds. The summed E-state index contributed by atoms with van der Waals surface area (Å²) in [4.78, 5) is 14.9. The lowest BCUT2D eigenvalue weighted by atomic mass is 10.1. The number of fused-ring (bicyclic) bond motifs is 10. The molecule has 0 aliphatic carbocycles. The van der Waals surface area contributed by atoms with Gasteiger partial charge in [0.2, 0.25) is 11.7 Å². The summed E-state index contributed by atoms with van der Waals surface area (Å²) in [6, 6.07) is 44.0. The lowest BCUT2D eigenvalue weighted by Crippen LogP contribution is -2.03. The molecule has 10 rings (SSSR count). The van der Waals surface area contributed by atoms with Crippen LogP contribution < -0.4 is 0 Å². The van der Waals surface area contributed by atoms with Crippen LogP contribution in [0, 0.1) is 0 Å². The van der Waals surface area contributed by atoms with Gasteiger partial charge >= 0.3 is 0 Å². The second-order valence-corrected chi connectivity index (χ2v) is 11.3. The van der Waals surface area contributed by atoms with Crippen LogP contribution in [0.5, 0.6) is 0 Å². The van der Waals surface area contributed by atoms with Crippen LogP contribution in [0.15, 0.2) is 144 Å². The van der Waals surface area contributed by atoms with E-state index in [-0.39, 0.29) is 0 Å². The molecule has 0 spiro atoms. The van der Waals surface area contributed by atoms with Gasteiger partial charge in [0.1, 0.15) is 5.58 Å². The Kier molecular flexibility index (Phi) is 4.90. The Labute approximate surface area is 256 Å². The molecule has 5 aromatic heterocycles.